The summed E-state index contributed by atoms with van der Waals surface area (Å²) in [6, 6.07) is 2.22. The summed E-state index contributed by atoms with van der Waals surface area (Å²) in [5.74, 6) is -0.608. The Labute approximate surface area is 200 Å². The maximum atomic E-state index is 11.0. The molecule has 0 heterocycles. The van der Waals surface area contributed by atoms with Crippen LogP contribution >= 0.6 is 0 Å². The van der Waals surface area contributed by atoms with Crippen LogP contribution in [0.5, 0.6) is 0 Å². The van der Waals surface area contributed by atoms with E-state index in [1.165, 1.54) is 16.3 Å². The lowest BCUT2D eigenvalue weighted by molar-refractivity contribution is -0.139. The fourth-order valence-electron chi connectivity index (χ4n) is 1.69. The van der Waals surface area contributed by atoms with Gasteiger partial charge in [-0.3, -0.25) is 0 Å². The van der Waals surface area contributed by atoms with Gasteiger partial charge in [0.2, 0.25) is 0 Å². The van der Waals surface area contributed by atoms with Crippen molar-refractivity contribution < 1.29 is 38.0 Å². The third-order valence-corrected chi connectivity index (χ3v) is 6.35. The molecule has 0 atom stereocenters. The van der Waals surface area contributed by atoms with E-state index in [4.69, 9.17) is 28.4 Å². The zero-order valence-electron chi connectivity index (χ0n) is 21.3. The molecular weight excluding hydrogens is 448 g/mol. The number of esters is 2. The zero-order valence-corrected chi connectivity index (χ0v) is 24.7. The Balaban J connectivity index is -0.000000427. The van der Waals surface area contributed by atoms with Gasteiger partial charge in [0.25, 0.3) is 0 Å². The summed E-state index contributed by atoms with van der Waals surface area (Å²) in [6.07, 6.45) is 1.86. The fraction of sp³-hybridized carbons (Fsp3) is 0.727. The summed E-state index contributed by atoms with van der Waals surface area (Å²) >= 11 is 0. The monoisotopic (exact) mass is 494 g/mol. The van der Waals surface area contributed by atoms with Gasteiger partial charge < -0.3 is 28.4 Å². The van der Waals surface area contributed by atoms with Crippen LogP contribution in [0.15, 0.2) is 24.3 Å². The fourth-order valence-corrected chi connectivity index (χ4v) is 3.28. The van der Waals surface area contributed by atoms with Gasteiger partial charge in [-0.15, -0.1) is 0 Å². The molecule has 0 spiro atoms. The average molecular weight is 495 g/mol. The Hall–Kier alpha value is -1.31. The Bertz CT molecular complexity index is 479. The Morgan fingerprint density at radius 3 is 1.66 bits per heavy atom. The second kappa shape index (κ2) is 27.7. The lowest BCUT2D eigenvalue weighted by Gasteiger charge is -2.12. The van der Waals surface area contributed by atoms with Gasteiger partial charge in [0.15, 0.2) is 0 Å². The second-order valence-corrected chi connectivity index (χ2v) is 9.64. The van der Waals surface area contributed by atoms with E-state index in [1.807, 2.05) is 13.8 Å². The molecule has 0 radical (unpaired) electrons. The standard InChI is InChI=1S/C10H20O4Si.C7H14O2Si.C5H12O2/c1-8(2)9(11)14-6-5-7-15-10(12-3)13-4;1-6(2)7(8)9-4-3-5-10;1-3-6-5-7-4-2/h10H,1,5-7,15H2,2-4H3;1,3-5H2,2,10H3;3-5H2,1-2H3. The summed E-state index contributed by atoms with van der Waals surface area (Å²) in [4.78, 5) is 21.7. The number of ether oxygens (including phenoxy) is 6. The van der Waals surface area contributed by atoms with Crippen molar-refractivity contribution in [2.45, 2.75) is 58.5 Å². The highest BCUT2D eigenvalue weighted by Gasteiger charge is 2.06. The van der Waals surface area contributed by atoms with Crippen LogP contribution in [0.1, 0.15) is 40.5 Å². The molecule has 0 amide bonds. The molecule has 0 aliphatic carbocycles. The van der Waals surface area contributed by atoms with E-state index in [1.54, 1.807) is 28.1 Å². The molecule has 10 heteroatoms. The van der Waals surface area contributed by atoms with Crippen molar-refractivity contribution in [1.29, 1.82) is 0 Å². The highest BCUT2D eigenvalue weighted by atomic mass is 28.2. The van der Waals surface area contributed by atoms with Crippen molar-refractivity contribution in [3.05, 3.63) is 24.3 Å². The highest BCUT2D eigenvalue weighted by Crippen LogP contribution is 1.99. The first-order valence-electron chi connectivity index (χ1n) is 11.1. The van der Waals surface area contributed by atoms with Crippen LogP contribution in [-0.4, -0.2) is 85.1 Å². The topological polar surface area (TPSA) is 89.5 Å². The Morgan fingerprint density at radius 1 is 0.875 bits per heavy atom. The minimum Gasteiger partial charge on any atom is -0.462 e. The molecule has 0 fully saturated rings. The Kier molecular flexibility index (Phi) is 30.6. The van der Waals surface area contributed by atoms with Crippen molar-refractivity contribution in [1.82, 2.24) is 0 Å². The smallest absolute Gasteiger partial charge is 0.333 e. The highest BCUT2D eigenvalue weighted by molar-refractivity contribution is 6.36. The molecule has 0 aliphatic rings. The first-order chi connectivity index (χ1) is 15.2. The van der Waals surface area contributed by atoms with Crippen LogP contribution in [0.25, 0.3) is 0 Å². The predicted octanol–water partition coefficient (Wildman–Crippen LogP) is 1.96. The molecule has 0 unspecified atom stereocenters. The van der Waals surface area contributed by atoms with Gasteiger partial charge in [-0.25, -0.2) is 9.59 Å². The number of carbonyl (C=O) groups is 2. The van der Waals surface area contributed by atoms with Crippen LogP contribution in [-0.2, 0) is 38.0 Å². The summed E-state index contributed by atoms with van der Waals surface area (Å²) in [5.41, 5.74) is 0.923. The van der Waals surface area contributed by atoms with Gasteiger partial charge >= 0.3 is 11.9 Å². The number of hydrogen-bond donors (Lipinski definition) is 0. The van der Waals surface area contributed by atoms with Crippen molar-refractivity contribution in [3.8, 4) is 0 Å². The van der Waals surface area contributed by atoms with Crippen LogP contribution in [0.2, 0.25) is 12.1 Å². The number of methoxy groups -OCH3 is 2. The number of rotatable bonds is 16. The van der Waals surface area contributed by atoms with E-state index in [0.717, 1.165) is 32.1 Å². The van der Waals surface area contributed by atoms with E-state index in [-0.39, 0.29) is 17.9 Å². The molecule has 0 aromatic heterocycles. The largest absolute Gasteiger partial charge is 0.462 e. The molecule has 32 heavy (non-hydrogen) atoms. The minimum atomic E-state index is -0.397. The molecule has 0 saturated heterocycles. The van der Waals surface area contributed by atoms with Gasteiger partial charge in [0, 0.05) is 48.8 Å². The van der Waals surface area contributed by atoms with Crippen molar-refractivity contribution in [3.63, 3.8) is 0 Å². The third-order valence-electron chi connectivity index (χ3n) is 3.60. The van der Waals surface area contributed by atoms with Gasteiger partial charge in [0.05, 0.1) is 22.7 Å². The van der Waals surface area contributed by atoms with Gasteiger partial charge in [0.1, 0.15) is 12.7 Å². The summed E-state index contributed by atoms with van der Waals surface area (Å²) in [5, 5.41) is 0. The molecular formula is C22H46O8Si2. The van der Waals surface area contributed by atoms with E-state index < -0.39 is 9.52 Å². The quantitative estimate of drug-likeness (QED) is 0.106. The zero-order chi connectivity index (χ0) is 25.2. The lowest BCUT2D eigenvalue weighted by Crippen LogP contribution is -2.21. The van der Waals surface area contributed by atoms with Gasteiger partial charge in [-0.05, 0) is 40.5 Å². The first-order valence-corrected chi connectivity index (χ1v) is 14.3. The van der Waals surface area contributed by atoms with E-state index >= 15 is 0 Å². The van der Waals surface area contributed by atoms with Crippen LogP contribution < -0.4 is 0 Å². The Morgan fingerprint density at radius 2 is 1.31 bits per heavy atom. The molecule has 0 rings (SSSR count). The van der Waals surface area contributed by atoms with Crippen molar-refractivity contribution in [2.24, 2.45) is 0 Å². The molecule has 0 saturated carbocycles. The first kappa shape index (κ1) is 35.3. The summed E-state index contributed by atoms with van der Waals surface area (Å²) in [7, 11) is 4.07. The molecule has 190 valence electrons. The molecule has 8 nitrogen and oxygen atoms in total. The summed E-state index contributed by atoms with van der Waals surface area (Å²) < 4.78 is 29.7. The third kappa shape index (κ3) is 28.7. The average Bonchev–Trinajstić information content (AvgIpc) is 2.77. The van der Waals surface area contributed by atoms with Crippen LogP contribution in [0.3, 0.4) is 0 Å². The molecule has 0 aromatic carbocycles. The summed E-state index contributed by atoms with van der Waals surface area (Å²) in [6.45, 7) is 17.1. The van der Waals surface area contributed by atoms with E-state index in [2.05, 4.69) is 13.2 Å². The van der Waals surface area contributed by atoms with Crippen LogP contribution in [0, 0.1) is 0 Å². The van der Waals surface area contributed by atoms with E-state index in [0.29, 0.717) is 31.2 Å². The van der Waals surface area contributed by atoms with Crippen molar-refractivity contribution >= 4 is 31.7 Å². The SMILES string of the molecule is C=C(C)C(=O)OCCC[SiH2]C(OC)OC.C=C(C)C(=O)OCCC[SiH3].CCOCOCC. The van der Waals surface area contributed by atoms with Crippen LogP contribution in [0.4, 0.5) is 0 Å². The molecule has 0 aromatic rings. The number of carbonyl (C=O) groups excluding carboxylic acids is 2. The predicted molar refractivity (Wildman–Crippen MR) is 135 cm³/mol. The van der Waals surface area contributed by atoms with E-state index in [9.17, 15) is 9.59 Å². The second-order valence-electron chi connectivity index (χ2n) is 6.69. The maximum absolute atomic E-state index is 11.0. The van der Waals surface area contributed by atoms with Crippen molar-refractivity contribution in [2.75, 3.05) is 47.4 Å². The normalized spacial score (nSPS) is 10.2. The van der Waals surface area contributed by atoms with Gasteiger partial charge in [-0.2, -0.15) is 0 Å². The lowest BCUT2D eigenvalue weighted by atomic mass is 10.4. The molecule has 0 N–H and O–H groups in total. The minimum absolute atomic E-state index is 0.0261. The number of hydrogen-bond acceptors (Lipinski definition) is 8. The molecule has 0 aliphatic heterocycles. The molecule has 0 bridgehead atoms. The maximum Gasteiger partial charge on any atom is 0.333 e. The van der Waals surface area contributed by atoms with Gasteiger partial charge in [-0.1, -0.05) is 25.2 Å².